The summed E-state index contributed by atoms with van der Waals surface area (Å²) in [5.74, 6) is -0.154. The maximum absolute atomic E-state index is 12.9. The fourth-order valence-electron chi connectivity index (χ4n) is 3.58. The average Bonchev–Trinajstić information content (AvgIpc) is 2.79. The zero-order valence-corrected chi connectivity index (χ0v) is 18.1. The molecule has 2 amide bonds. The number of carboxylic acid groups (broad SMARTS) is 1. The first-order valence-corrected chi connectivity index (χ1v) is 10.2. The second-order valence-electron chi connectivity index (χ2n) is 7.47. The van der Waals surface area contributed by atoms with Crippen molar-refractivity contribution in [3.8, 4) is 11.5 Å². The number of carbonyl (C=O) groups excluding carboxylic acids is 2. The molecular formula is C23H27N3O6. The van der Waals surface area contributed by atoms with Crippen LogP contribution in [0, 0.1) is 0 Å². The third kappa shape index (κ3) is 5.98. The molecule has 1 fully saturated rings. The minimum absolute atomic E-state index is 0.0104. The van der Waals surface area contributed by atoms with Gasteiger partial charge in [-0.2, -0.15) is 0 Å². The lowest BCUT2D eigenvalue weighted by atomic mass is 9.98. The molecule has 0 atom stereocenters. The number of hydrogen-bond acceptors (Lipinski definition) is 6. The van der Waals surface area contributed by atoms with Gasteiger partial charge in [-0.25, -0.2) is 0 Å². The molecule has 32 heavy (non-hydrogen) atoms. The summed E-state index contributed by atoms with van der Waals surface area (Å²) in [6, 6.07) is 14.5. The van der Waals surface area contributed by atoms with E-state index < -0.39 is 12.0 Å². The number of nitrogens with zero attached hydrogens (tertiary/aromatic N) is 2. The number of carbonyl (C=O) groups is 3. The summed E-state index contributed by atoms with van der Waals surface area (Å²) >= 11 is 0. The van der Waals surface area contributed by atoms with E-state index in [1.807, 2.05) is 48.5 Å². The molecule has 0 radical (unpaired) electrons. The number of methoxy groups -OCH3 is 2. The van der Waals surface area contributed by atoms with Gasteiger partial charge in [0, 0.05) is 13.1 Å². The van der Waals surface area contributed by atoms with Crippen LogP contribution in [0.3, 0.4) is 0 Å². The van der Waals surface area contributed by atoms with Crippen LogP contribution in [0.1, 0.15) is 17.2 Å². The molecule has 9 nitrogen and oxygen atoms in total. The van der Waals surface area contributed by atoms with Gasteiger partial charge in [-0.15, -0.1) is 0 Å². The number of hydrogen-bond donors (Lipinski definition) is 2. The molecule has 0 spiro atoms. The van der Waals surface area contributed by atoms with Gasteiger partial charge in [0.2, 0.25) is 11.8 Å². The maximum atomic E-state index is 12.9. The summed E-state index contributed by atoms with van der Waals surface area (Å²) in [4.78, 5) is 38.9. The number of amides is 2. The SMILES string of the molecule is COc1ccc(C(NC(=O)CN2CCN(CC(=O)O)C(=O)C2)c2ccc(OC)cc2)cc1. The fraction of sp³-hybridized carbons (Fsp3) is 0.348. The summed E-state index contributed by atoms with van der Waals surface area (Å²) in [5.41, 5.74) is 1.76. The monoisotopic (exact) mass is 441 g/mol. The lowest BCUT2D eigenvalue weighted by Gasteiger charge is -2.33. The van der Waals surface area contributed by atoms with Crippen molar-refractivity contribution in [3.05, 3.63) is 59.7 Å². The Bertz CT molecular complexity index is 898. The number of carboxylic acids is 1. The van der Waals surface area contributed by atoms with Crippen LogP contribution >= 0.6 is 0 Å². The Morgan fingerprint density at radius 3 is 1.91 bits per heavy atom. The van der Waals surface area contributed by atoms with Gasteiger partial charge in [-0.1, -0.05) is 24.3 Å². The van der Waals surface area contributed by atoms with Gasteiger partial charge in [0.1, 0.15) is 18.0 Å². The Labute approximate surface area is 186 Å². The molecule has 2 aromatic carbocycles. The number of benzene rings is 2. The quantitative estimate of drug-likeness (QED) is 0.601. The normalized spacial score (nSPS) is 14.3. The van der Waals surface area contributed by atoms with E-state index in [4.69, 9.17) is 14.6 Å². The minimum atomic E-state index is -1.05. The molecule has 1 saturated heterocycles. The van der Waals surface area contributed by atoms with Gasteiger partial charge in [-0.3, -0.25) is 19.3 Å². The zero-order valence-electron chi connectivity index (χ0n) is 18.1. The third-order valence-electron chi connectivity index (χ3n) is 5.29. The van der Waals surface area contributed by atoms with Crippen molar-refractivity contribution in [1.82, 2.24) is 15.1 Å². The highest BCUT2D eigenvalue weighted by Crippen LogP contribution is 2.26. The summed E-state index contributed by atoms with van der Waals surface area (Å²) in [6.07, 6.45) is 0. The van der Waals surface area contributed by atoms with Crippen LogP contribution in [0.15, 0.2) is 48.5 Å². The van der Waals surface area contributed by atoms with Crippen molar-refractivity contribution in [2.75, 3.05) is 46.9 Å². The number of nitrogens with one attached hydrogen (secondary N) is 1. The summed E-state index contributed by atoms with van der Waals surface area (Å²) in [6.45, 7) is 0.433. The Hall–Kier alpha value is -3.59. The van der Waals surface area contributed by atoms with Crippen LogP contribution in [0.25, 0.3) is 0 Å². The van der Waals surface area contributed by atoms with Gasteiger partial charge in [0.15, 0.2) is 0 Å². The lowest BCUT2D eigenvalue weighted by Crippen LogP contribution is -2.53. The number of aliphatic carboxylic acids is 1. The largest absolute Gasteiger partial charge is 0.497 e. The van der Waals surface area contributed by atoms with Gasteiger partial charge < -0.3 is 24.8 Å². The van der Waals surface area contributed by atoms with Crippen molar-refractivity contribution in [2.24, 2.45) is 0 Å². The van der Waals surface area contributed by atoms with E-state index in [1.54, 1.807) is 19.1 Å². The zero-order chi connectivity index (χ0) is 23.1. The highest BCUT2D eigenvalue weighted by Gasteiger charge is 2.27. The van der Waals surface area contributed by atoms with E-state index in [-0.39, 0.29) is 38.0 Å². The molecule has 0 bridgehead atoms. The molecule has 170 valence electrons. The summed E-state index contributed by atoms with van der Waals surface area (Å²) in [7, 11) is 3.18. The van der Waals surface area contributed by atoms with E-state index in [0.717, 1.165) is 11.1 Å². The number of piperazine rings is 1. The van der Waals surface area contributed by atoms with E-state index >= 15 is 0 Å². The molecular weight excluding hydrogens is 414 g/mol. The summed E-state index contributed by atoms with van der Waals surface area (Å²) < 4.78 is 10.5. The first kappa shape index (κ1) is 23.1. The maximum Gasteiger partial charge on any atom is 0.323 e. The fourth-order valence-corrected chi connectivity index (χ4v) is 3.58. The first-order valence-electron chi connectivity index (χ1n) is 10.2. The molecule has 2 aromatic rings. The molecule has 1 aliphatic heterocycles. The molecule has 1 heterocycles. The van der Waals surface area contributed by atoms with E-state index in [2.05, 4.69) is 5.32 Å². The van der Waals surface area contributed by atoms with Gasteiger partial charge >= 0.3 is 5.97 Å². The standard InChI is InChI=1S/C23H27N3O6/c1-31-18-7-3-16(4-8-18)23(17-5-9-19(32-2)10-6-17)24-20(27)13-25-11-12-26(15-22(29)30)21(28)14-25/h3-10,23H,11-15H2,1-2H3,(H,24,27)(H,29,30). The lowest BCUT2D eigenvalue weighted by molar-refractivity contribution is -0.147. The molecule has 0 aliphatic carbocycles. The van der Waals surface area contributed by atoms with Crippen molar-refractivity contribution >= 4 is 17.8 Å². The molecule has 3 rings (SSSR count). The van der Waals surface area contributed by atoms with E-state index in [1.165, 1.54) is 4.90 Å². The predicted octanol–water partition coefficient (Wildman–Crippen LogP) is 1.14. The molecule has 0 saturated carbocycles. The molecule has 0 unspecified atom stereocenters. The number of rotatable bonds is 9. The highest BCUT2D eigenvalue weighted by atomic mass is 16.5. The summed E-state index contributed by atoms with van der Waals surface area (Å²) in [5, 5.41) is 11.9. The van der Waals surface area contributed by atoms with Crippen LogP contribution < -0.4 is 14.8 Å². The highest BCUT2D eigenvalue weighted by molar-refractivity contribution is 5.84. The molecule has 1 aliphatic rings. The second-order valence-corrected chi connectivity index (χ2v) is 7.47. The van der Waals surface area contributed by atoms with Crippen LogP contribution in [0.4, 0.5) is 0 Å². The van der Waals surface area contributed by atoms with Crippen LogP contribution in [0.2, 0.25) is 0 Å². The third-order valence-corrected chi connectivity index (χ3v) is 5.29. The van der Waals surface area contributed by atoms with Crippen LogP contribution in [-0.4, -0.2) is 79.6 Å². The van der Waals surface area contributed by atoms with Gasteiger partial charge in [0.05, 0.1) is 33.4 Å². The topological polar surface area (TPSA) is 108 Å². The van der Waals surface area contributed by atoms with Crippen LogP contribution in [0.5, 0.6) is 11.5 Å². The Balaban J connectivity index is 1.70. The second kappa shape index (κ2) is 10.6. The molecule has 2 N–H and O–H groups in total. The van der Waals surface area contributed by atoms with Crippen molar-refractivity contribution in [2.45, 2.75) is 6.04 Å². The average molecular weight is 441 g/mol. The van der Waals surface area contributed by atoms with Crippen molar-refractivity contribution < 1.29 is 29.0 Å². The smallest absolute Gasteiger partial charge is 0.323 e. The van der Waals surface area contributed by atoms with Gasteiger partial charge in [0.25, 0.3) is 0 Å². The Kier molecular flexibility index (Phi) is 7.67. The van der Waals surface area contributed by atoms with E-state index in [9.17, 15) is 14.4 Å². The molecule has 0 aromatic heterocycles. The predicted molar refractivity (Wildman–Crippen MR) is 117 cm³/mol. The Morgan fingerprint density at radius 2 is 1.47 bits per heavy atom. The minimum Gasteiger partial charge on any atom is -0.497 e. The molecule has 9 heteroatoms. The van der Waals surface area contributed by atoms with Gasteiger partial charge in [-0.05, 0) is 35.4 Å². The van der Waals surface area contributed by atoms with E-state index in [0.29, 0.717) is 18.0 Å². The number of ether oxygens (including phenoxy) is 2. The first-order chi connectivity index (χ1) is 15.4. The van der Waals surface area contributed by atoms with Crippen molar-refractivity contribution in [3.63, 3.8) is 0 Å². The van der Waals surface area contributed by atoms with Crippen molar-refractivity contribution in [1.29, 1.82) is 0 Å². The Morgan fingerprint density at radius 1 is 0.938 bits per heavy atom. The van der Waals surface area contributed by atoms with Crippen LogP contribution in [-0.2, 0) is 14.4 Å².